The van der Waals surface area contributed by atoms with E-state index in [0.717, 1.165) is 5.56 Å². The number of hydrogen-bond acceptors (Lipinski definition) is 4. The first-order valence-corrected chi connectivity index (χ1v) is 6.65. The fourth-order valence-electron chi connectivity index (χ4n) is 1.63. The molecule has 21 heavy (non-hydrogen) atoms. The minimum absolute atomic E-state index is 0.0646. The zero-order chi connectivity index (χ0) is 15.4. The SMILES string of the molecule is CC(=O)NCc1ccc(C(=O)Oc2cc(Cl)ccc2C)o1. The Kier molecular flexibility index (Phi) is 4.65. The molecule has 0 fully saturated rings. The van der Waals surface area contributed by atoms with Crippen LogP contribution in [0.1, 0.15) is 28.8 Å². The van der Waals surface area contributed by atoms with Crippen LogP contribution in [0.25, 0.3) is 0 Å². The Bertz CT molecular complexity index is 678. The summed E-state index contributed by atoms with van der Waals surface area (Å²) in [7, 11) is 0. The molecule has 0 bridgehead atoms. The number of carbonyl (C=O) groups excluding carboxylic acids is 2. The van der Waals surface area contributed by atoms with Crippen molar-refractivity contribution < 1.29 is 18.7 Å². The molecule has 5 nitrogen and oxygen atoms in total. The number of amides is 1. The highest BCUT2D eigenvalue weighted by molar-refractivity contribution is 6.30. The van der Waals surface area contributed by atoms with E-state index in [2.05, 4.69) is 5.32 Å². The number of halogens is 1. The maximum atomic E-state index is 12.0. The summed E-state index contributed by atoms with van der Waals surface area (Å²) in [5.74, 6) is 0.126. The Morgan fingerprint density at radius 2 is 2.05 bits per heavy atom. The molecule has 1 aromatic carbocycles. The standard InChI is InChI=1S/C15H14ClNO4/c1-9-3-4-11(16)7-14(9)21-15(19)13-6-5-12(20-13)8-17-10(2)18/h3-7H,8H2,1-2H3,(H,17,18). The van der Waals surface area contributed by atoms with Gasteiger partial charge in [0.15, 0.2) is 0 Å². The number of furan rings is 1. The highest BCUT2D eigenvalue weighted by Gasteiger charge is 2.15. The van der Waals surface area contributed by atoms with Gasteiger partial charge in [0.2, 0.25) is 11.7 Å². The Hall–Kier alpha value is -2.27. The molecule has 0 atom stereocenters. The van der Waals surface area contributed by atoms with Gasteiger partial charge in [-0.1, -0.05) is 17.7 Å². The van der Waals surface area contributed by atoms with E-state index in [-0.39, 0.29) is 18.2 Å². The predicted octanol–water partition coefficient (Wildman–Crippen LogP) is 3.10. The lowest BCUT2D eigenvalue weighted by molar-refractivity contribution is -0.119. The van der Waals surface area contributed by atoms with Crippen molar-refractivity contribution >= 4 is 23.5 Å². The van der Waals surface area contributed by atoms with Gasteiger partial charge in [0.05, 0.1) is 6.54 Å². The van der Waals surface area contributed by atoms with Crippen LogP contribution in [0.2, 0.25) is 5.02 Å². The lowest BCUT2D eigenvalue weighted by atomic mass is 10.2. The van der Waals surface area contributed by atoms with E-state index in [9.17, 15) is 9.59 Å². The zero-order valence-corrected chi connectivity index (χ0v) is 12.4. The van der Waals surface area contributed by atoms with Crippen LogP contribution in [-0.4, -0.2) is 11.9 Å². The van der Waals surface area contributed by atoms with Gasteiger partial charge < -0.3 is 14.5 Å². The first kappa shape index (κ1) is 15.1. The van der Waals surface area contributed by atoms with E-state index in [0.29, 0.717) is 16.5 Å². The Balaban J connectivity index is 2.06. The predicted molar refractivity (Wildman–Crippen MR) is 77.4 cm³/mol. The van der Waals surface area contributed by atoms with Gasteiger partial charge in [-0.05, 0) is 36.8 Å². The molecule has 0 saturated carbocycles. The molecule has 0 aliphatic rings. The molecule has 2 rings (SSSR count). The van der Waals surface area contributed by atoms with Crippen LogP contribution in [-0.2, 0) is 11.3 Å². The van der Waals surface area contributed by atoms with Crippen molar-refractivity contribution in [2.45, 2.75) is 20.4 Å². The van der Waals surface area contributed by atoms with Gasteiger partial charge in [-0.3, -0.25) is 4.79 Å². The summed E-state index contributed by atoms with van der Waals surface area (Å²) < 4.78 is 10.6. The number of nitrogens with one attached hydrogen (secondary N) is 1. The van der Waals surface area contributed by atoms with Gasteiger partial charge in [0, 0.05) is 11.9 Å². The monoisotopic (exact) mass is 307 g/mol. The van der Waals surface area contributed by atoms with Crippen LogP contribution in [0.5, 0.6) is 5.75 Å². The molecule has 2 aromatic rings. The summed E-state index contributed by atoms with van der Waals surface area (Å²) in [6, 6.07) is 8.15. The largest absolute Gasteiger partial charge is 0.452 e. The molecule has 6 heteroatoms. The first-order valence-electron chi connectivity index (χ1n) is 6.27. The molecule has 1 N–H and O–H groups in total. The van der Waals surface area contributed by atoms with Crippen molar-refractivity contribution in [2.75, 3.05) is 0 Å². The second-order valence-corrected chi connectivity index (χ2v) is 4.91. The molecule has 0 saturated heterocycles. The molecule has 0 spiro atoms. The second kappa shape index (κ2) is 6.45. The molecular formula is C15H14ClNO4. The van der Waals surface area contributed by atoms with Crippen LogP contribution >= 0.6 is 11.6 Å². The van der Waals surface area contributed by atoms with E-state index in [1.54, 1.807) is 24.3 Å². The van der Waals surface area contributed by atoms with Gasteiger partial charge in [-0.2, -0.15) is 0 Å². The zero-order valence-electron chi connectivity index (χ0n) is 11.6. The van der Waals surface area contributed by atoms with Gasteiger partial charge in [0.25, 0.3) is 0 Å². The maximum Gasteiger partial charge on any atom is 0.379 e. The fourth-order valence-corrected chi connectivity index (χ4v) is 1.79. The molecule has 1 aromatic heterocycles. The molecule has 0 radical (unpaired) electrons. The van der Waals surface area contributed by atoms with Crippen molar-refractivity contribution in [3.05, 3.63) is 52.4 Å². The number of hydrogen-bond donors (Lipinski definition) is 1. The number of carbonyl (C=O) groups is 2. The minimum atomic E-state index is -0.616. The van der Waals surface area contributed by atoms with E-state index in [1.807, 2.05) is 6.92 Å². The number of esters is 1. The van der Waals surface area contributed by atoms with E-state index in [1.165, 1.54) is 13.0 Å². The van der Waals surface area contributed by atoms with Crippen LogP contribution in [0.15, 0.2) is 34.7 Å². The number of benzene rings is 1. The Morgan fingerprint density at radius 3 is 2.76 bits per heavy atom. The van der Waals surface area contributed by atoms with E-state index in [4.69, 9.17) is 20.8 Å². The molecular weight excluding hydrogens is 294 g/mol. The summed E-state index contributed by atoms with van der Waals surface area (Å²) in [6.45, 7) is 3.43. The van der Waals surface area contributed by atoms with Crippen molar-refractivity contribution in [1.29, 1.82) is 0 Å². The summed E-state index contributed by atoms with van der Waals surface area (Å²) in [6.07, 6.45) is 0. The van der Waals surface area contributed by atoms with Crippen LogP contribution < -0.4 is 10.1 Å². The average molecular weight is 308 g/mol. The molecule has 110 valence electrons. The molecule has 1 amide bonds. The second-order valence-electron chi connectivity index (χ2n) is 4.48. The third-order valence-corrected chi connectivity index (χ3v) is 2.96. The lowest BCUT2D eigenvalue weighted by Crippen LogP contribution is -2.18. The maximum absolute atomic E-state index is 12.0. The van der Waals surface area contributed by atoms with Crippen molar-refractivity contribution in [2.24, 2.45) is 0 Å². The smallest absolute Gasteiger partial charge is 0.379 e. The normalized spacial score (nSPS) is 10.2. The van der Waals surface area contributed by atoms with Crippen molar-refractivity contribution in [3.8, 4) is 5.75 Å². The Labute approximate surface area is 126 Å². The van der Waals surface area contributed by atoms with Gasteiger partial charge in [-0.25, -0.2) is 4.79 Å². The highest BCUT2D eigenvalue weighted by atomic mass is 35.5. The first-order chi connectivity index (χ1) is 9.95. The summed E-state index contributed by atoms with van der Waals surface area (Å²) in [4.78, 5) is 22.8. The number of aryl methyl sites for hydroxylation is 1. The summed E-state index contributed by atoms with van der Waals surface area (Å²) in [5.41, 5.74) is 0.790. The molecule has 1 heterocycles. The van der Waals surface area contributed by atoms with Crippen molar-refractivity contribution in [1.82, 2.24) is 5.32 Å². The lowest BCUT2D eigenvalue weighted by Gasteiger charge is -2.06. The van der Waals surface area contributed by atoms with Crippen molar-refractivity contribution in [3.63, 3.8) is 0 Å². The highest BCUT2D eigenvalue weighted by Crippen LogP contribution is 2.23. The molecule has 0 unspecified atom stereocenters. The summed E-state index contributed by atoms with van der Waals surface area (Å²) >= 11 is 5.87. The van der Waals surface area contributed by atoms with Gasteiger partial charge in [0.1, 0.15) is 11.5 Å². The number of ether oxygens (including phenoxy) is 1. The van der Waals surface area contributed by atoms with Crippen LogP contribution in [0, 0.1) is 6.92 Å². The van der Waals surface area contributed by atoms with E-state index >= 15 is 0 Å². The average Bonchev–Trinajstić information content (AvgIpc) is 2.89. The third-order valence-electron chi connectivity index (χ3n) is 2.73. The quantitative estimate of drug-likeness (QED) is 0.696. The summed E-state index contributed by atoms with van der Waals surface area (Å²) in [5, 5.41) is 3.06. The Morgan fingerprint density at radius 1 is 1.29 bits per heavy atom. The number of rotatable bonds is 4. The van der Waals surface area contributed by atoms with Gasteiger partial charge >= 0.3 is 5.97 Å². The van der Waals surface area contributed by atoms with Crippen LogP contribution in [0.3, 0.4) is 0 Å². The van der Waals surface area contributed by atoms with E-state index < -0.39 is 5.97 Å². The topological polar surface area (TPSA) is 68.5 Å². The molecule has 0 aliphatic carbocycles. The fraction of sp³-hybridized carbons (Fsp3) is 0.200. The molecule has 0 aliphatic heterocycles. The third kappa shape index (κ3) is 4.10. The van der Waals surface area contributed by atoms with Gasteiger partial charge in [-0.15, -0.1) is 0 Å². The minimum Gasteiger partial charge on any atom is -0.452 e. The van der Waals surface area contributed by atoms with Crippen LogP contribution in [0.4, 0.5) is 0 Å².